The first-order valence-corrected chi connectivity index (χ1v) is 47.6. The fourth-order valence-corrected chi connectivity index (χ4v) is 15.1. The van der Waals surface area contributed by atoms with Crippen molar-refractivity contribution in [3.8, 4) is 0 Å². The van der Waals surface area contributed by atoms with Crippen LogP contribution in [0.4, 0.5) is 0 Å². The maximum Gasteiger partial charge on any atom is 0.472 e. The molecule has 19 heteroatoms. The largest absolute Gasteiger partial charge is 0.472 e. The van der Waals surface area contributed by atoms with E-state index < -0.39 is 97.5 Å². The van der Waals surface area contributed by atoms with E-state index in [2.05, 4.69) is 34.6 Å². The first-order chi connectivity index (χ1) is 51.0. The van der Waals surface area contributed by atoms with Crippen LogP contribution in [0.15, 0.2) is 0 Å². The van der Waals surface area contributed by atoms with Gasteiger partial charge in [0.2, 0.25) is 0 Å². The molecule has 5 atom stereocenters. The van der Waals surface area contributed by atoms with Gasteiger partial charge in [-0.25, -0.2) is 9.13 Å². The van der Waals surface area contributed by atoms with Gasteiger partial charge in [-0.3, -0.25) is 37.3 Å². The number of rotatable bonds is 86. The van der Waals surface area contributed by atoms with Crippen molar-refractivity contribution in [2.45, 2.75) is 483 Å². The molecule has 0 fully saturated rings. The molecule has 0 saturated heterocycles. The van der Waals surface area contributed by atoms with Crippen LogP contribution in [0.2, 0.25) is 0 Å². The standard InChI is InChI=1S/C86H168O17P2/c1-6-9-12-15-18-21-23-25-27-28-29-30-31-35-38-42-45-50-55-60-65-70-84(89)97-76-82(103-86(91)72-67-62-57-52-47-43-39-36-33-32-34-37-40-44-49-53-58-63-68-79(4)5)78-101-105(94,95)99-74-80(87)73-98-104(92,93)100-77-81(75-96-83(88)69-64-59-54-48-20-17-14-11-8-3)102-85(90)71-66-61-56-51-46-41-26-24-22-19-16-13-10-7-2/h79-82,87H,6-78H2,1-5H3,(H,92,93)(H,94,95)/t80-,81+,82+/m0/s1. The normalized spacial score (nSPS) is 13.8. The third-order valence-electron chi connectivity index (χ3n) is 20.3. The van der Waals surface area contributed by atoms with E-state index in [1.165, 1.54) is 289 Å². The van der Waals surface area contributed by atoms with Crippen molar-refractivity contribution in [2.75, 3.05) is 39.6 Å². The second-order valence-electron chi connectivity index (χ2n) is 31.4. The zero-order valence-corrected chi connectivity index (χ0v) is 70.7. The van der Waals surface area contributed by atoms with Gasteiger partial charge in [0, 0.05) is 25.7 Å². The van der Waals surface area contributed by atoms with Crippen molar-refractivity contribution in [2.24, 2.45) is 5.92 Å². The first-order valence-electron chi connectivity index (χ1n) is 44.6. The number of hydrogen-bond donors (Lipinski definition) is 3. The van der Waals surface area contributed by atoms with Gasteiger partial charge in [0.15, 0.2) is 12.2 Å². The maximum absolute atomic E-state index is 13.1. The van der Waals surface area contributed by atoms with Crippen LogP contribution < -0.4 is 0 Å². The van der Waals surface area contributed by atoms with Crippen LogP contribution in [0.5, 0.6) is 0 Å². The van der Waals surface area contributed by atoms with Gasteiger partial charge < -0.3 is 33.8 Å². The van der Waals surface area contributed by atoms with Crippen molar-refractivity contribution in [3.05, 3.63) is 0 Å². The number of phosphoric ester groups is 2. The lowest BCUT2D eigenvalue weighted by Crippen LogP contribution is -2.30. The summed E-state index contributed by atoms with van der Waals surface area (Å²) in [6.45, 7) is 7.38. The molecule has 0 aromatic heterocycles. The lowest BCUT2D eigenvalue weighted by Gasteiger charge is -2.21. The number of phosphoric acid groups is 2. The molecule has 0 spiro atoms. The van der Waals surface area contributed by atoms with E-state index in [0.29, 0.717) is 25.7 Å². The molecule has 105 heavy (non-hydrogen) atoms. The Bertz CT molecular complexity index is 2000. The summed E-state index contributed by atoms with van der Waals surface area (Å²) in [6.07, 6.45) is 72.3. The minimum Gasteiger partial charge on any atom is -0.462 e. The Kier molecular flexibility index (Phi) is 77.3. The summed E-state index contributed by atoms with van der Waals surface area (Å²) in [5.74, 6) is -1.28. The van der Waals surface area contributed by atoms with E-state index in [9.17, 15) is 43.2 Å². The van der Waals surface area contributed by atoms with E-state index in [0.717, 1.165) is 95.8 Å². The molecule has 0 bridgehead atoms. The number of ether oxygens (including phenoxy) is 4. The molecule has 17 nitrogen and oxygen atoms in total. The van der Waals surface area contributed by atoms with E-state index >= 15 is 0 Å². The summed E-state index contributed by atoms with van der Waals surface area (Å²) in [4.78, 5) is 73.1. The highest BCUT2D eigenvalue weighted by Crippen LogP contribution is 2.45. The van der Waals surface area contributed by atoms with Gasteiger partial charge >= 0.3 is 39.5 Å². The average Bonchev–Trinajstić information content (AvgIpc) is 0.920. The van der Waals surface area contributed by atoms with Crippen molar-refractivity contribution < 1.29 is 80.2 Å². The molecule has 0 aromatic carbocycles. The second-order valence-corrected chi connectivity index (χ2v) is 34.3. The molecule has 0 radical (unpaired) electrons. The number of carbonyl (C=O) groups is 4. The Hall–Kier alpha value is -1.94. The molecule has 0 aliphatic carbocycles. The van der Waals surface area contributed by atoms with Crippen LogP contribution >= 0.6 is 15.6 Å². The van der Waals surface area contributed by atoms with E-state index in [1.807, 2.05) is 0 Å². The third-order valence-corrected chi connectivity index (χ3v) is 22.2. The molecule has 0 aliphatic rings. The molecule has 0 heterocycles. The SMILES string of the molecule is CCCCCCCCCCCCCCCCCCCCCCCC(=O)OC[C@H](COP(=O)(O)OC[C@@H](O)COP(=O)(O)OC[C@@H](COC(=O)CCCCCCCCCCC)OC(=O)CCCCCCCCCCCCCCCC)OC(=O)CCCCCCCCCCCCCCCCCCCCC(C)C. The molecule has 2 unspecified atom stereocenters. The van der Waals surface area contributed by atoms with E-state index in [-0.39, 0.29) is 25.7 Å². The Morgan fingerprint density at radius 3 is 0.648 bits per heavy atom. The number of unbranched alkanes of at least 4 members (excludes halogenated alkanes) is 58. The molecular weight excluding hydrogens is 1370 g/mol. The van der Waals surface area contributed by atoms with Gasteiger partial charge in [-0.2, -0.15) is 0 Å². The maximum atomic E-state index is 13.1. The Morgan fingerprint density at radius 1 is 0.257 bits per heavy atom. The van der Waals surface area contributed by atoms with Crippen LogP contribution in [0, 0.1) is 5.92 Å². The van der Waals surface area contributed by atoms with Crippen LogP contribution in [-0.4, -0.2) is 96.7 Å². The van der Waals surface area contributed by atoms with Crippen molar-refractivity contribution in [1.82, 2.24) is 0 Å². The summed E-state index contributed by atoms with van der Waals surface area (Å²) < 4.78 is 68.8. The topological polar surface area (TPSA) is 237 Å². The van der Waals surface area contributed by atoms with Crippen LogP contribution in [0.1, 0.15) is 465 Å². The van der Waals surface area contributed by atoms with E-state index in [4.69, 9.17) is 37.0 Å². The second kappa shape index (κ2) is 78.7. The molecule has 0 rings (SSSR count). The Labute approximate surface area is 645 Å². The van der Waals surface area contributed by atoms with E-state index in [1.54, 1.807) is 0 Å². The first kappa shape index (κ1) is 103. The lowest BCUT2D eigenvalue weighted by molar-refractivity contribution is -0.161. The van der Waals surface area contributed by atoms with Gasteiger partial charge in [0.25, 0.3) is 0 Å². The monoisotopic (exact) mass is 1540 g/mol. The number of aliphatic hydroxyl groups excluding tert-OH is 1. The third kappa shape index (κ3) is 79.9. The van der Waals surface area contributed by atoms with Gasteiger partial charge in [-0.15, -0.1) is 0 Å². The molecule has 3 N–H and O–H groups in total. The molecule has 624 valence electrons. The van der Waals surface area contributed by atoms with Crippen LogP contribution in [0.3, 0.4) is 0 Å². The average molecular weight is 1540 g/mol. The highest BCUT2D eigenvalue weighted by atomic mass is 31.2. The number of carbonyl (C=O) groups excluding carboxylic acids is 4. The Balaban J connectivity index is 5.19. The summed E-state index contributed by atoms with van der Waals surface area (Å²) in [7, 11) is -9.92. The lowest BCUT2D eigenvalue weighted by atomic mass is 10.0. The fraction of sp³-hybridized carbons (Fsp3) is 0.953. The van der Waals surface area contributed by atoms with Gasteiger partial charge in [-0.1, -0.05) is 413 Å². The zero-order valence-electron chi connectivity index (χ0n) is 68.9. The zero-order chi connectivity index (χ0) is 76.9. The smallest absolute Gasteiger partial charge is 0.462 e. The molecule has 0 saturated carbocycles. The van der Waals surface area contributed by atoms with Gasteiger partial charge in [0.05, 0.1) is 26.4 Å². The van der Waals surface area contributed by atoms with Crippen LogP contribution in [0.25, 0.3) is 0 Å². The number of esters is 4. The Morgan fingerprint density at radius 2 is 0.438 bits per heavy atom. The fourth-order valence-electron chi connectivity index (χ4n) is 13.5. The molecule has 0 aliphatic heterocycles. The minimum atomic E-state index is -4.96. The number of aliphatic hydroxyl groups is 1. The predicted octanol–water partition coefficient (Wildman–Crippen LogP) is 26.4. The summed E-state index contributed by atoms with van der Waals surface area (Å²) in [6, 6.07) is 0. The molecular formula is C86H168O17P2. The van der Waals surface area contributed by atoms with Gasteiger partial charge in [0.1, 0.15) is 19.3 Å². The summed E-state index contributed by atoms with van der Waals surface area (Å²) in [5, 5.41) is 10.7. The molecule has 0 amide bonds. The van der Waals surface area contributed by atoms with Crippen molar-refractivity contribution >= 4 is 39.5 Å². The predicted molar refractivity (Wildman–Crippen MR) is 432 cm³/mol. The highest BCUT2D eigenvalue weighted by Gasteiger charge is 2.30. The summed E-state index contributed by atoms with van der Waals surface area (Å²) >= 11 is 0. The highest BCUT2D eigenvalue weighted by molar-refractivity contribution is 7.47. The number of hydrogen-bond acceptors (Lipinski definition) is 15. The minimum absolute atomic E-state index is 0.108. The molecule has 0 aromatic rings. The summed E-state index contributed by atoms with van der Waals surface area (Å²) in [5.41, 5.74) is 0. The van der Waals surface area contributed by atoms with Crippen molar-refractivity contribution in [3.63, 3.8) is 0 Å². The van der Waals surface area contributed by atoms with Crippen LogP contribution in [-0.2, 0) is 65.4 Å². The van der Waals surface area contributed by atoms with Gasteiger partial charge in [-0.05, 0) is 31.6 Å². The quantitative estimate of drug-likeness (QED) is 0.0222. The van der Waals surface area contributed by atoms with Crippen molar-refractivity contribution in [1.29, 1.82) is 0 Å².